The molecule has 19 heteroatoms. The molecule has 0 spiro atoms. The highest BCUT2D eigenvalue weighted by Crippen LogP contribution is 2.40. The number of piperidine rings is 2. The van der Waals surface area contributed by atoms with Crippen molar-refractivity contribution in [2.24, 2.45) is 5.92 Å². The van der Waals surface area contributed by atoms with Gasteiger partial charge >= 0.3 is 6.03 Å². The Morgan fingerprint density at radius 1 is 0.815 bits per heavy atom. The molecule has 0 unspecified atom stereocenters. The first-order valence-corrected chi connectivity index (χ1v) is 25.3. The van der Waals surface area contributed by atoms with Crippen LogP contribution in [0.2, 0.25) is 5.02 Å². The Bertz CT molecular complexity index is 2530. The molecule has 9 rings (SSSR count). The zero-order valence-electron chi connectivity index (χ0n) is 37.0. The second kappa shape index (κ2) is 18.6. The number of benzene rings is 3. The lowest BCUT2D eigenvalue weighted by atomic mass is 9.94. The molecule has 342 valence electrons. The number of urea groups is 1. The molecule has 6 heterocycles. The second-order valence-electron chi connectivity index (χ2n) is 17.7. The van der Waals surface area contributed by atoms with Gasteiger partial charge in [-0.2, -0.15) is 9.99 Å². The highest BCUT2D eigenvalue weighted by Gasteiger charge is 2.45. The zero-order valence-corrected chi connectivity index (χ0v) is 38.6. The maximum Gasteiger partial charge on any atom is 0.343 e. The molecule has 1 aromatic heterocycles. The van der Waals surface area contributed by atoms with E-state index in [0.29, 0.717) is 51.1 Å². The van der Waals surface area contributed by atoms with E-state index in [1.807, 2.05) is 36.4 Å². The van der Waals surface area contributed by atoms with Gasteiger partial charge in [-0.25, -0.2) is 14.8 Å². The summed E-state index contributed by atoms with van der Waals surface area (Å²) in [6.07, 6.45) is 5.70. The first-order valence-electron chi connectivity index (χ1n) is 22.3. The van der Waals surface area contributed by atoms with Crippen LogP contribution in [-0.2, 0) is 9.36 Å². The van der Waals surface area contributed by atoms with E-state index in [-0.39, 0.29) is 18.5 Å². The number of hydrogen-bond donors (Lipinski definition) is 3. The number of hydrogen-bond acceptors (Lipinski definition) is 14. The maximum absolute atomic E-state index is 13.6. The van der Waals surface area contributed by atoms with E-state index in [4.69, 9.17) is 16.3 Å². The van der Waals surface area contributed by atoms with E-state index in [1.165, 1.54) is 6.20 Å². The van der Waals surface area contributed by atoms with Crippen molar-refractivity contribution in [2.45, 2.75) is 38.1 Å². The van der Waals surface area contributed by atoms with E-state index >= 15 is 0 Å². The van der Waals surface area contributed by atoms with Crippen molar-refractivity contribution in [2.75, 3.05) is 106 Å². The van der Waals surface area contributed by atoms with Gasteiger partial charge < -0.3 is 34.6 Å². The van der Waals surface area contributed by atoms with Crippen LogP contribution in [0.4, 0.5) is 39.3 Å². The molecule has 0 atom stereocenters. The number of carbonyl (C=O) groups is 4. The maximum atomic E-state index is 13.6. The standard InChI is InChI=1S/C46H55ClN11O6P/c1-64-38-27-32(11-12-35(38)50-45-48-28-34(47)42(52-45)49-36-8-4-5-10-39(36)65(2,3)63)54-20-15-31(16-21-54)55-25-23-53(24-26-55)29-30-13-18-56(19-14-30)37-9-6-7-33-41(37)44(61)58(43(33)60)57-22-17-40(59)51-46(57)62/h4-12,27-28,30-31H,13-26,29H2,1-3H3,(H,51,59,62)(H2,48,49,50,52). The van der Waals surface area contributed by atoms with Crippen LogP contribution in [0, 0.1) is 5.92 Å². The summed E-state index contributed by atoms with van der Waals surface area (Å²) in [7, 11) is -0.899. The normalized spacial score (nSPS) is 19.4. The number of nitrogens with zero attached hydrogens (tertiary/aromatic N) is 8. The summed E-state index contributed by atoms with van der Waals surface area (Å²) in [6.45, 7) is 12.2. The van der Waals surface area contributed by atoms with Crippen LogP contribution in [-0.4, -0.2) is 145 Å². The van der Waals surface area contributed by atoms with E-state index in [0.717, 1.165) is 112 Å². The number of hydrazine groups is 1. The molecule has 0 saturated carbocycles. The molecular weight excluding hydrogens is 869 g/mol. The van der Waals surface area contributed by atoms with E-state index in [1.54, 1.807) is 32.6 Å². The summed E-state index contributed by atoms with van der Waals surface area (Å²) >= 11 is 6.50. The number of rotatable bonds is 12. The van der Waals surface area contributed by atoms with Gasteiger partial charge in [0.15, 0.2) is 5.82 Å². The Hall–Kier alpha value is -5.74. The average Bonchev–Trinajstić information content (AvgIpc) is 3.56. The summed E-state index contributed by atoms with van der Waals surface area (Å²) < 4.78 is 18.8. The predicted octanol–water partition coefficient (Wildman–Crippen LogP) is 5.83. The van der Waals surface area contributed by atoms with Gasteiger partial charge in [-0.3, -0.25) is 24.6 Å². The molecule has 5 aliphatic heterocycles. The van der Waals surface area contributed by atoms with Gasteiger partial charge in [0, 0.05) is 88.4 Å². The highest BCUT2D eigenvalue weighted by atomic mass is 35.5. The summed E-state index contributed by atoms with van der Waals surface area (Å²) in [5.74, 6) is 0.463. The Kier molecular flexibility index (Phi) is 12.7. The smallest absolute Gasteiger partial charge is 0.343 e. The number of fused-ring (bicyclic) bond motifs is 1. The Morgan fingerprint density at radius 3 is 2.28 bits per heavy atom. The molecule has 0 bridgehead atoms. The van der Waals surface area contributed by atoms with Crippen LogP contribution in [0.3, 0.4) is 0 Å². The molecule has 0 aliphatic carbocycles. The van der Waals surface area contributed by atoms with Gasteiger partial charge in [-0.05, 0) is 81.3 Å². The molecule has 5 aliphatic rings. The fraction of sp³-hybridized carbons (Fsp3) is 0.435. The monoisotopic (exact) mass is 923 g/mol. The molecule has 3 aromatic carbocycles. The van der Waals surface area contributed by atoms with Crippen LogP contribution in [0.5, 0.6) is 5.75 Å². The topological polar surface area (TPSA) is 176 Å². The molecule has 4 fully saturated rings. The zero-order chi connectivity index (χ0) is 45.4. The quantitative estimate of drug-likeness (QED) is 0.114. The van der Waals surface area contributed by atoms with Crippen LogP contribution in [0.15, 0.2) is 66.9 Å². The van der Waals surface area contributed by atoms with Crippen molar-refractivity contribution < 1.29 is 28.5 Å². The van der Waals surface area contributed by atoms with Gasteiger partial charge in [0.05, 0.1) is 48.0 Å². The van der Waals surface area contributed by atoms with Crippen LogP contribution in [0.25, 0.3) is 0 Å². The molecule has 4 saturated heterocycles. The average molecular weight is 924 g/mol. The summed E-state index contributed by atoms with van der Waals surface area (Å²) in [4.78, 5) is 70.2. The van der Waals surface area contributed by atoms with Crippen molar-refractivity contribution in [1.29, 1.82) is 0 Å². The third kappa shape index (κ3) is 9.37. The largest absolute Gasteiger partial charge is 0.494 e. The van der Waals surface area contributed by atoms with E-state index < -0.39 is 30.9 Å². The SMILES string of the molecule is COc1cc(N2CCC(N3CCN(CC4CCN(c5cccc6c5C(=O)N(N5CCC(=O)NC5=O)C6=O)CC4)CC3)CC2)ccc1Nc1ncc(Cl)c(Nc2ccccc2P(C)(C)=O)n1. The molecule has 3 N–H and O–H groups in total. The van der Waals surface area contributed by atoms with Crippen molar-refractivity contribution >= 4 is 82.3 Å². The third-order valence-electron chi connectivity index (χ3n) is 13.3. The lowest BCUT2D eigenvalue weighted by Gasteiger charge is -2.44. The fourth-order valence-corrected chi connectivity index (χ4v) is 11.1. The van der Waals surface area contributed by atoms with Crippen molar-refractivity contribution in [3.05, 3.63) is 83.0 Å². The minimum atomic E-state index is -2.55. The number of halogens is 1. The van der Waals surface area contributed by atoms with Crippen molar-refractivity contribution in [3.63, 3.8) is 0 Å². The van der Waals surface area contributed by atoms with Gasteiger partial charge in [-0.15, -0.1) is 0 Å². The second-order valence-corrected chi connectivity index (χ2v) is 21.3. The Morgan fingerprint density at radius 2 is 1.55 bits per heavy atom. The van der Waals surface area contributed by atoms with E-state index in [2.05, 4.69) is 57.7 Å². The van der Waals surface area contributed by atoms with Gasteiger partial charge in [0.2, 0.25) is 11.9 Å². The number of aromatic nitrogens is 2. The minimum absolute atomic E-state index is 0.0225. The highest BCUT2D eigenvalue weighted by molar-refractivity contribution is 7.70. The molecule has 0 radical (unpaired) electrons. The number of piperazine rings is 1. The van der Waals surface area contributed by atoms with Crippen LogP contribution >= 0.6 is 18.7 Å². The number of para-hydroxylation sites is 1. The molecule has 17 nitrogen and oxygen atoms in total. The number of anilines is 6. The lowest BCUT2D eigenvalue weighted by Crippen LogP contribution is -2.58. The fourth-order valence-electron chi connectivity index (χ4n) is 9.80. The number of imide groups is 2. The first kappa shape index (κ1) is 44.5. The van der Waals surface area contributed by atoms with Gasteiger partial charge in [0.1, 0.15) is 17.9 Å². The van der Waals surface area contributed by atoms with Crippen LogP contribution < -0.4 is 35.8 Å². The Labute approximate surface area is 383 Å². The number of ether oxygens (including phenoxy) is 1. The molecule has 4 aromatic rings. The summed E-state index contributed by atoms with van der Waals surface area (Å²) in [5, 5.41) is 11.7. The van der Waals surface area contributed by atoms with Gasteiger partial charge in [-0.1, -0.05) is 29.8 Å². The number of carbonyl (C=O) groups excluding carboxylic acids is 4. The summed E-state index contributed by atoms with van der Waals surface area (Å²) in [5.41, 5.74) is 3.85. The lowest BCUT2D eigenvalue weighted by molar-refractivity contribution is -0.122. The van der Waals surface area contributed by atoms with Crippen LogP contribution in [0.1, 0.15) is 52.8 Å². The summed E-state index contributed by atoms with van der Waals surface area (Å²) in [6, 6.07) is 18.7. The number of nitrogens with one attached hydrogen (secondary N) is 3. The molecule has 5 amide bonds. The number of amides is 5. The first-order chi connectivity index (χ1) is 31.3. The van der Waals surface area contributed by atoms with Crippen molar-refractivity contribution in [3.8, 4) is 5.75 Å². The van der Waals surface area contributed by atoms with Crippen molar-refractivity contribution in [1.82, 2.24) is 35.1 Å². The minimum Gasteiger partial charge on any atom is -0.494 e. The van der Waals surface area contributed by atoms with Gasteiger partial charge in [0.25, 0.3) is 11.8 Å². The Balaban J connectivity index is 0.736. The molecule has 65 heavy (non-hydrogen) atoms. The van der Waals surface area contributed by atoms with E-state index in [9.17, 15) is 23.7 Å². The predicted molar refractivity (Wildman–Crippen MR) is 252 cm³/mol. The molecular formula is C46H55ClN11O6P. The number of methoxy groups -OCH3 is 1. The third-order valence-corrected chi connectivity index (χ3v) is 15.1.